The Hall–Kier alpha value is -2.03. The highest BCUT2D eigenvalue weighted by atomic mass is 16.5. The summed E-state index contributed by atoms with van der Waals surface area (Å²) in [7, 11) is 0. The molecule has 0 aliphatic carbocycles. The average molecular weight is 228 g/mol. The monoisotopic (exact) mass is 228 g/mol. The highest BCUT2D eigenvalue weighted by Crippen LogP contribution is 2.25. The minimum absolute atomic E-state index is 0.445. The van der Waals surface area contributed by atoms with Crippen molar-refractivity contribution >= 4 is 5.69 Å². The Kier molecular flexibility index (Phi) is 3.28. The molecule has 1 aromatic heterocycles. The fourth-order valence-electron chi connectivity index (χ4n) is 1.60. The second-order valence-electron chi connectivity index (χ2n) is 4.04. The first-order valence-electron chi connectivity index (χ1n) is 5.57. The molecule has 1 heterocycles. The highest BCUT2D eigenvalue weighted by molar-refractivity contribution is 5.57. The van der Waals surface area contributed by atoms with E-state index in [0.717, 1.165) is 22.6 Å². The van der Waals surface area contributed by atoms with Gasteiger partial charge in [0.15, 0.2) is 0 Å². The molecule has 0 saturated heterocycles. The molecule has 0 unspecified atom stereocenters. The van der Waals surface area contributed by atoms with Crippen molar-refractivity contribution in [3.8, 4) is 5.75 Å². The van der Waals surface area contributed by atoms with Crippen LogP contribution < -0.4 is 10.5 Å². The van der Waals surface area contributed by atoms with E-state index in [1.807, 2.05) is 44.2 Å². The molecule has 3 nitrogen and oxygen atoms in total. The molecule has 2 N–H and O–H groups in total. The van der Waals surface area contributed by atoms with Crippen LogP contribution in [0.3, 0.4) is 0 Å². The molecule has 88 valence electrons. The number of rotatable bonds is 3. The molecule has 3 heteroatoms. The molecule has 0 saturated carbocycles. The molecule has 0 bridgehead atoms. The van der Waals surface area contributed by atoms with Crippen molar-refractivity contribution in [3.05, 3.63) is 53.3 Å². The van der Waals surface area contributed by atoms with Crippen LogP contribution >= 0.6 is 0 Å². The van der Waals surface area contributed by atoms with Crippen LogP contribution in [0.5, 0.6) is 5.75 Å². The third-order valence-electron chi connectivity index (χ3n) is 2.77. The molecule has 0 aliphatic heterocycles. The van der Waals surface area contributed by atoms with Gasteiger partial charge in [-0.15, -0.1) is 0 Å². The quantitative estimate of drug-likeness (QED) is 0.822. The number of nitrogens with two attached hydrogens (primary N) is 1. The summed E-state index contributed by atoms with van der Waals surface area (Å²) < 4.78 is 5.70. The maximum absolute atomic E-state index is 5.94. The van der Waals surface area contributed by atoms with Crippen molar-refractivity contribution < 1.29 is 4.74 Å². The van der Waals surface area contributed by atoms with Gasteiger partial charge in [-0.2, -0.15) is 0 Å². The predicted octanol–water partition coefficient (Wildman–Crippen LogP) is 2.86. The summed E-state index contributed by atoms with van der Waals surface area (Å²) in [5.41, 5.74) is 9.72. The number of pyridine rings is 1. The number of anilines is 1. The standard InChI is InChI=1S/C14H16N2O/c1-10-6-4-8-16-12(10)9-17-13-7-3-5-11(2)14(13)15/h3-8H,9,15H2,1-2H3. The molecule has 1 aromatic carbocycles. The van der Waals surface area contributed by atoms with E-state index in [2.05, 4.69) is 4.98 Å². The summed E-state index contributed by atoms with van der Waals surface area (Å²) in [5.74, 6) is 0.718. The first-order chi connectivity index (χ1) is 8.18. The smallest absolute Gasteiger partial charge is 0.143 e. The van der Waals surface area contributed by atoms with E-state index in [9.17, 15) is 0 Å². The lowest BCUT2D eigenvalue weighted by Crippen LogP contribution is -2.03. The summed E-state index contributed by atoms with van der Waals surface area (Å²) in [5, 5.41) is 0. The van der Waals surface area contributed by atoms with E-state index >= 15 is 0 Å². The number of hydrogen-bond donors (Lipinski definition) is 1. The van der Waals surface area contributed by atoms with Gasteiger partial charge in [-0.3, -0.25) is 4.98 Å². The summed E-state index contributed by atoms with van der Waals surface area (Å²) in [6.45, 7) is 4.43. The topological polar surface area (TPSA) is 48.1 Å². The van der Waals surface area contributed by atoms with Gasteiger partial charge in [0.05, 0.1) is 11.4 Å². The van der Waals surface area contributed by atoms with E-state index in [-0.39, 0.29) is 0 Å². The Morgan fingerprint density at radius 1 is 1.12 bits per heavy atom. The van der Waals surface area contributed by atoms with Gasteiger partial charge < -0.3 is 10.5 Å². The van der Waals surface area contributed by atoms with E-state index in [4.69, 9.17) is 10.5 Å². The maximum atomic E-state index is 5.94. The first kappa shape index (κ1) is 11.5. The zero-order chi connectivity index (χ0) is 12.3. The number of hydrogen-bond acceptors (Lipinski definition) is 3. The van der Waals surface area contributed by atoms with Gasteiger partial charge in [0.2, 0.25) is 0 Å². The van der Waals surface area contributed by atoms with E-state index in [0.29, 0.717) is 12.3 Å². The normalized spacial score (nSPS) is 10.2. The van der Waals surface area contributed by atoms with E-state index in [1.165, 1.54) is 0 Å². The van der Waals surface area contributed by atoms with E-state index < -0.39 is 0 Å². The van der Waals surface area contributed by atoms with Crippen LogP contribution in [-0.2, 0) is 6.61 Å². The van der Waals surface area contributed by atoms with Crippen molar-refractivity contribution in [1.82, 2.24) is 4.98 Å². The van der Waals surface area contributed by atoms with Gasteiger partial charge in [-0.1, -0.05) is 18.2 Å². The number of nitrogen functional groups attached to an aromatic ring is 1. The van der Waals surface area contributed by atoms with Crippen LogP contribution in [0.4, 0.5) is 5.69 Å². The third-order valence-corrected chi connectivity index (χ3v) is 2.77. The lowest BCUT2D eigenvalue weighted by Gasteiger charge is -2.11. The lowest BCUT2D eigenvalue weighted by molar-refractivity contribution is 0.302. The molecule has 0 amide bonds. The van der Waals surface area contributed by atoms with Crippen molar-refractivity contribution in [2.24, 2.45) is 0 Å². The van der Waals surface area contributed by atoms with Crippen LogP contribution in [0.25, 0.3) is 0 Å². The maximum Gasteiger partial charge on any atom is 0.143 e. The van der Waals surface area contributed by atoms with Gasteiger partial charge in [0, 0.05) is 6.20 Å². The molecular formula is C14H16N2O. The molecule has 2 rings (SSSR count). The van der Waals surface area contributed by atoms with Gasteiger partial charge in [-0.25, -0.2) is 0 Å². The molecule has 0 fully saturated rings. The Bertz CT molecular complexity index is 523. The van der Waals surface area contributed by atoms with Crippen molar-refractivity contribution in [2.75, 3.05) is 5.73 Å². The molecule has 0 atom stereocenters. The number of nitrogens with zero attached hydrogens (tertiary/aromatic N) is 1. The van der Waals surface area contributed by atoms with Gasteiger partial charge >= 0.3 is 0 Å². The molecule has 0 aliphatic rings. The number of benzene rings is 1. The lowest BCUT2D eigenvalue weighted by atomic mass is 10.2. The average Bonchev–Trinajstić information content (AvgIpc) is 2.33. The van der Waals surface area contributed by atoms with Crippen LogP contribution in [-0.4, -0.2) is 4.98 Å². The van der Waals surface area contributed by atoms with Crippen molar-refractivity contribution in [1.29, 1.82) is 0 Å². The summed E-state index contributed by atoms with van der Waals surface area (Å²) >= 11 is 0. The van der Waals surface area contributed by atoms with Gasteiger partial charge in [0.25, 0.3) is 0 Å². The molecule has 2 aromatic rings. The van der Waals surface area contributed by atoms with Gasteiger partial charge in [0.1, 0.15) is 12.4 Å². The molecule has 0 radical (unpaired) electrons. The summed E-state index contributed by atoms with van der Waals surface area (Å²) in [6, 6.07) is 9.71. The Morgan fingerprint density at radius 3 is 2.65 bits per heavy atom. The van der Waals surface area contributed by atoms with Crippen molar-refractivity contribution in [2.45, 2.75) is 20.5 Å². The predicted molar refractivity (Wildman–Crippen MR) is 68.9 cm³/mol. The SMILES string of the molecule is Cc1cccnc1COc1cccc(C)c1N. The zero-order valence-electron chi connectivity index (χ0n) is 10.1. The second kappa shape index (κ2) is 4.87. The van der Waals surface area contributed by atoms with Crippen LogP contribution in [0, 0.1) is 13.8 Å². The third kappa shape index (κ3) is 2.56. The van der Waals surface area contributed by atoms with Crippen LogP contribution in [0.15, 0.2) is 36.5 Å². The fourth-order valence-corrected chi connectivity index (χ4v) is 1.60. The Morgan fingerprint density at radius 2 is 1.88 bits per heavy atom. The minimum Gasteiger partial charge on any atom is -0.485 e. The zero-order valence-corrected chi connectivity index (χ0v) is 10.1. The number of ether oxygens (including phenoxy) is 1. The summed E-state index contributed by atoms with van der Waals surface area (Å²) in [6.07, 6.45) is 1.77. The molecule has 0 spiro atoms. The minimum atomic E-state index is 0.445. The fraction of sp³-hybridized carbons (Fsp3) is 0.214. The molecular weight excluding hydrogens is 212 g/mol. The van der Waals surface area contributed by atoms with Crippen molar-refractivity contribution in [3.63, 3.8) is 0 Å². The summed E-state index contributed by atoms with van der Waals surface area (Å²) in [4.78, 5) is 4.28. The largest absolute Gasteiger partial charge is 0.485 e. The van der Waals surface area contributed by atoms with Gasteiger partial charge in [-0.05, 0) is 37.1 Å². The highest BCUT2D eigenvalue weighted by Gasteiger charge is 2.04. The number of aryl methyl sites for hydroxylation is 2. The Balaban J connectivity index is 2.13. The number of aromatic nitrogens is 1. The molecule has 17 heavy (non-hydrogen) atoms. The van der Waals surface area contributed by atoms with Crippen LogP contribution in [0.2, 0.25) is 0 Å². The second-order valence-corrected chi connectivity index (χ2v) is 4.04. The van der Waals surface area contributed by atoms with Crippen LogP contribution in [0.1, 0.15) is 16.8 Å². The van der Waals surface area contributed by atoms with E-state index in [1.54, 1.807) is 6.20 Å². The first-order valence-corrected chi connectivity index (χ1v) is 5.57. The number of para-hydroxylation sites is 1. The Labute approximate surface area is 101 Å².